The van der Waals surface area contributed by atoms with E-state index in [1.54, 1.807) is 0 Å². The Bertz CT molecular complexity index is 335. The largest absolute Gasteiger partial charge is 0.370 e. The predicted molar refractivity (Wildman–Crippen MR) is 69.9 cm³/mol. The number of nitrogens with zero attached hydrogens (tertiary/aromatic N) is 1. The Balaban J connectivity index is 2.07. The number of benzene rings is 1. The summed E-state index contributed by atoms with van der Waals surface area (Å²) in [5.74, 6) is 0. The molecule has 0 amide bonds. The molecule has 0 aromatic heterocycles. The summed E-state index contributed by atoms with van der Waals surface area (Å²) in [6, 6.07) is 9.05. The third-order valence-corrected chi connectivity index (χ3v) is 3.32. The van der Waals surface area contributed by atoms with Crippen LogP contribution < -0.4 is 10.6 Å². The van der Waals surface area contributed by atoms with E-state index >= 15 is 0 Å². The van der Waals surface area contributed by atoms with Crippen molar-refractivity contribution >= 4 is 5.69 Å². The van der Waals surface area contributed by atoms with Gasteiger partial charge in [0.2, 0.25) is 0 Å². The molecule has 16 heavy (non-hydrogen) atoms. The van der Waals surface area contributed by atoms with Crippen molar-refractivity contribution in [3.05, 3.63) is 29.8 Å². The molecule has 2 rings (SSSR count). The van der Waals surface area contributed by atoms with Crippen LogP contribution in [0.2, 0.25) is 0 Å². The Kier molecular flexibility index (Phi) is 3.83. The second-order valence-corrected chi connectivity index (χ2v) is 4.73. The van der Waals surface area contributed by atoms with Gasteiger partial charge in [-0.1, -0.05) is 31.5 Å². The average Bonchev–Trinajstić information content (AvgIpc) is 2.30. The van der Waals surface area contributed by atoms with Crippen LogP contribution in [-0.4, -0.2) is 19.1 Å². The number of hydrogen-bond acceptors (Lipinski definition) is 2. The molecule has 1 aliphatic rings. The lowest BCUT2D eigenvalue weighted by Gasteiger charge is -2.33. The summed E-state index contributed by atoms with van der Waals surface area (Å²) in [7, 11) is 0. The molecule has 1 aliphatic heterocycles. The summed E-state index contributed by atoms with van der Waals surface area (Å²) in [6.45, 7) is 4.36. The molecule has 88 valence electrons. The number of rotatable bonds is 4. The van der Waals surface area contributed by atoms with Crippen molar-refractivity contribution in [3.63, 3.8) is 0 Å². The van der Waals surface area contributed by atoms with E-state index in [4.69, 9.17) is 5.73 Å². The van der Waals surface area contributed by atoms with E-state index in [0.29, 0.717) is 6.04 Å². The number of nitrogens with two attached hydrogens (primary N) is 1. The van der Waals surface area contributed by atoms with Gasteiger partial charge in [-0.2, -0.15) is 0 Å². The molecule has 1 unspecified atom stereocenters. The second kappa shape index (κ2) is 5.35. The van der Waals surface area contributed by atoms with Crippen LogP contribution in [0.3, 0.4) is 0 Å². The molecule has 0 saturated carbocycles. The lowest BCUT2D eigenvalue weighted by Crippen LogP contribution is -2.40. The Labute approximate surface area is 98.4 Å². The third-order valence-electron chi connectivity index (χ3n) is 3.32. The fourth-order valence-electron chi connectivity index (χ4n) is 2.55. The average molecular weight is 218 g/mol. The molecule has 0 saturated heterocycles. The van der Waals surface area contributed by atoms with Crippen LogP contribution in [0, 0.1) is 0 Å². The van der Waals surface area contributed by atoms with Gasteiger partial charge in [-0.05, 0) is 30.9 Å². The van der Waals surface area contributed by atoms with Crippen LogP contribution in [0.25, 0.3) is 0 Å². The molecule has 1 aromatic rings. The van der Waals surface area contributed by atoms with Crippen molar-refractivity contribution in [2.24, 2.45) is 5.73 Å². The van der Waals surface area contributed by atoms with E-state index < -0.39 is 0 Å². The molecular weight excluding hydrogens is 196 g/mol. The van der Waals surface area contributed by atoms with E-state index in [2.05, 4.69) is 36.1 Å². The summed E-state index contributed by atoms with van der Waals surface area (Å²) in [5.41, 5.74) is 9.02. The summed E-state index contributed by atoms with van der Waals surface area (Å²) in [5, 5.41) is 0. The van der Waals surface area contributed by atoms with Gasteiger partial charge in [-0.25, -0.2) is 0 Å². The minimum absolute atomic E-state index is 0.316. The maximum Gasteiger partial charge on any atom is 0.0399 e. The van der Waals surface area contributed by atoms with Crippen molar-refractivity contribution in [2.75, 3.05) is 18.0 Å². The Morgan fingerprint density at radius 1 is 1.38 bits per heavy atom. The number of aryl methyl sites for hydroxylation is 1. The highest BCUT2D eigenvalue weighted by Crippen LogP contribution is 2.26. The van der Waals surface area contributed by atoms with E-state index in [9.17, 15) is 0 Å². The van der Waals surface area contributed by atoms with E-state index in [1.165, 1.54) is 30.5 Å². The first-order valence-corrected chi connectivity index (χ1v) is 6.39. The first kappa shape index (κ1) is 11.5. The number of hydrogen-bond donors (Lipinski definition) is 1. The van der Waals surface area contributed by atoms with Crippen molar-refractivity contribution < 1.29 is 0 Å². The van der Waals surface area contributed by atoms with Gasteiger partial charge >= 0.3 is 0 Å². The molecule has 1 heterocycles. The first-order valence-electron chi connectivity index (χ1n) is 6.39. The van der Waals surface area contributed by atoms with Crippen molar-refractivity contribution in [1.29, 1.82) is 0 Å². The van der Waals surface area contributed by atoms with Gasteiger partial charge in [0.15, 0.2) is 0 Å². The predicted octanol–water partition coefficient (Wildman–Crippen LogP) is 2.57. The molecule has 2 N–H and O–H groups in total. The van der Waals surface area contributed by atoms with Crippen molar-refractivity contribution in [1.82, 2.24) is 0 Å². The zero-order valence-corrected chi connectivity index (χ0v) is 10.2. The van der Waals surface area contributed by atoms with Gasteiger partial charge in [0.05, 0.1) is 0 Å². The standard InChI is InChI=1S/C14H22N2/c1-2-6-13(15)11-16-10-5-8-12-7-3-4-9-14(12)16/h3-4,7,9,13H,2,5-6,8,10-11,15H2,1H3. The van der Waals surface area contributed by atoms with Crippen LogP contribution in [0.1, 0.15) is 31.7 Å². The highest BCUT2D eigenvalue weighted by molar-refractivity contribution is 5.55. The van der Waals surface area contributed by atoms with Crippen LogP contribution in [0.15, 0.2) is 24.3 Å². The van der Waals surface area contributed by atoms with E-state index in [1.807, 2.05) is 0 Å². The lowest BCUT2D eigenvalue weighted by atomic mass is 10.0. The number of para-hydroxylation sites is 1. The Morgan fingerprint density at radius 3 is 3.00 bits per heavy atom. The second-order valence-electron chi connectivity index (χ2n) is 4.73. The molecule has 0 bridgehead atoms. The molecule has 0 radical (unpaired) electrons. The van der Waals surface area contributed by atoms with Crippen LogP contribution >= 0.6 is 0 Å². The topological polar surface area (TPSA) is 29.3 Å². The fourth-order valence-corrected chi connectivity index (χ4v) is 2.55. The highest BCUT2D eigenvalue weighted by Gasteiger charge is 2.17. The van der Waals surface area contributed by atoms with Gasteiger partial charge in [-0.3, -0.25) is 0 Å². The smallest absolute Gasteiger partial charge is 0.0399 e. The number of anilines is 1. The molecule has 0 spiro atoms. The van der Waals surface area contributed by atoms with Gasteiger partial charge < -0.3 is 10.6 Å². The van der Waals surface area contributed by atoms with Gasteiger partial charge in [0.25, 0.3) is 0 Å². The minimum Gasteiger partial charge on any atom is -0.370 e. The van der Waals surface area contributed by atoms with Crippen molar-refractivity contribution in [2.45, 2.75) is 38.6 Å². The highest BCUT2D eigenvalue weighted by atomic mass is 15.1. The SMILES string of the molecule is CCCC(N)CN1CCCc2ccccc21. The van der Waals surface area contributed by atoms with E-state index in [-0.39, 0.29) is 0 Å². The summed E-state index contributed by atoms with van der Waals surface area (Å²) >= 11 is 0. The van der Waals surface area contributed by atoms with Crippen molar-refractivity contribution in [3.8, 4) is 0 Å². The molecule has 2 heteroatoms. The Morgan fingerprint density at radius 2 is 2.19 bits per heavy atom. The summed E-state index contributed by atoms with van der Waals surface area (Å²) in [6.07, 6.45) is 4.78. The normalized spacial score (nSPS) is 17.0. The molecule has 0 fully saturated rings. The van der Waals surface area contributed by atoms with Gasteiger partial charge in [0, 0.05) is 24.8 Å². The lowest BCUT2D eigenvalue weighted by molar-refractivity contribution is 0.565. The van der Waals surface area contributed by atoms with Gasteiger partial charge in [-0.15, -0.1) is 0 Å². The summed E-state index contributed by atoms with van der Waals surface area (Å²) < 4.78 is 0. The van der Waals surface area contributed by atoms with Gasteiger partial charge in [0.1, 0.15) is 0 Å². The zero-order valence-electron chi connectivity index (χ0n) is 10.2. The third kappa shape index (κ3) is 2.56. The fraction of sp³-hybridized carbons (Fsp3) is 0.571. The number of fused-ring (bicyclic) bond motifs is 1. The Hall–Kier alpha value is -1.02. The molecule has 2 nitrogen and oxygen atoms in total. The molecule has 0 aliphatic carbocycles. The van der Waals surface area contributed by atoms with Crippen LogP contribution in [0.5, 0.6) is 0 Å². The van der Waals surface area contributed by atoms with E-state index in [0.717, 1.165) is 19.5 Å². The minimum atomic E-state index is 0.316. The first-order chi connectivity index (χ1) is 7.81. The summed E-state index contributed by atoms with van der Waals surface area (Å²) in [4.78, 5) is 2.46. The maximum absolute atomic E-state index is 6.13. The molecule has 1 aromatic carbocycles. The maximum atomic E-state index is 6.13. The monoisotopic (exact) mass is 218 g/mol. The van der Waals surface area contributed by atoms with Crippen LogP contribution in [0.4, 0.5) is 5.69 Å². The molecule has 1 atom stereocenters. The zero-order chi connectivity index (χ0) is 11.4. The quantitative estimate of drug-likeness (QED) is 0.841. The molecular formula is C14H22N2. The van der Waals surface area contributed by atoms with Crippen LogP contribution in [-0.2, 0) is 6.42 Å².